The van der Waals surface area contributed by atoms with Gasteiger partial charge in [0.1, 0.15) is 0 Å². The van der Waals surface area contributed by atoms with Crippen molar-refractivity contribution in [1.29, 1.82) is 0 Å². The maximum atomic E-state index is 11.2. The topological polar surface area (TPSA) is 75.6 Å². The minimum absolute atomic E-state index is 0.0454. The third-order valence-corrected chi connectivity index (χ3v) is 1.92. The van der Waals surface area contributed by atoms with Crippen molar-refractivity contribution in [3.8, 4) is 0 Å². The first-order chi connectivity index (χ1) is 7.52. The van der Waals surface area contributed by atoms with Gasteiger partial charge in [-0.15, -0.1) is 0 Å². The Labute approximate surface area is 96.2 Å². The zero-order valence-electron chi connectivity index (χ0n) is 9.99. The fourth-order valence-corrected chi connectivity index (χ4v) is 1.10. The average Bonchev–Trinajstić information content (AvgIpc) is 2.16. The molecule has 0 heterocycles. The van der Waals surface area contributed by atoms with Gasteiger partial charge in [0.05, 0.1) is 12.7 Å². The highest BCUT2D eigenvalue weighted by atomic mass is 16.5. The molecular weight excluding hydrogens is 210 g/mol. The molecule has 2 N–H and O–H groups in total. The lowest BCUT2D eigenvalue weighted by Crippen LogP contribution is -2.26. The second-order valence-corrected chi connectivity index (χ2v) is 3.87. The number of carbonyl (C=O) groups is 2. The Morgan fingerprint density at radius 2 is 1.94 bits per heavy atom. The van der Waals surface area contributed by atoms with E-state index in [0.717, 1.165) is 0 Å². The molecule has 5 heteroatoms. The van der Waals surface area contributed by atoms with Gasteiger partial charge in [0.25, 0.3) is 0 Å². The van der Waals surface area contributed by atoms with E-state index < -0.39 is 5.97 Å². The molecule has 0 aromatic rings. The summed E-state index contributed by atoms with van der Waals surface area (Å²) in [5, 5.41) is 11.1. The molecule has 0 unspecified atom stereocenters. The maximum Gasteiger partial charge on any atom is 0.303 e. The fraction of sp³-hybridized carbons (Fsp3) is 0.818. The molecule has 0 saturated heterocycles. The number of hydrogen-bond donors (Lipinski definition) is 2. The van der Waals surface area contributed by atoms with Gasteiger partial charge in [-0.3, -0.25) is 9.59 Å². The van der Waals surface area contributed by atoms with Crippen LogP contribution in [0.4, 0.5) is 0 Å². The van der Waals surface area contributed by atoms with Crippen LogP contribution in [0.25, 0.3) is 0 Å². The molecule has 94 valence electrons. The van der Waals surface area contributed by atoms with E-state index in [1.165, 1.54) is 0 Å². The van der Waals surface area contributed by atoms with Gasteiger partial charge in [-0.05, 0) is 26.7 Å². The van der Waals surface area contributed by atoms with Crippen molar-refractivity contribution in [2.45, 2.75) is 45.6 Å². The molecule has 0 bridgehead atoms. The summed E-state index contributed by atoms with van der Waals surface area (Å²) in [5.74, 6) is -0.840. The molecule has 0 fully saturated rings. The molecule has 16 heavy (non-hydrogen) atoms. The molecule has 0 atom stereocenters. The SMILES string of the molecule is CC(C)OCCC(=O)NCCCCC(=O)O. The van der Waals surface area contributed by atoms with E-state index in [1.807, 2.05) is 13.8 Å². The summed E-state index contributed by atoms with van der Waals surface area (Å²) in [6.07, 6.45) is 1.95. The van der Waals surface area contributed by atoms with Crippen molar-refractivity contribution in [1.82, 2.24) is 5.32 Å². The van der Waals surface area contributed by atoms with Crippen LogP contribution in [0.15, 0.2) is 0 Å². The second kappa shape index (κ2) is 9.15. The first-order valence-corrected chi connectivity index (χ1v) is 5.62. The molecule has 0 rings (SSSR count). The average molecular weight is 231 g/mol. The van der Waals surface area contributed by atoms with Gasteiger partial charge in [-0.25, -0.2) is 0 Å². The van der Waals surface area contributed by atoms with Gasteiger partial charge >= 0.3 is 5.97 Å². The lowest BCUT2D eigenvalue weighted by Gasteiger charge is -2.07. The third-order valence-electron chi connectivity index (χ3n) is 1.92. The number of amides is 1. The van der Waals surface area contributed by atoms with Crippen molar-refractivity contribution < 1.29 is 19.4 Å². The van der Waals surface area contributed by atoms with Gasteiger partial charge in [-0.2, -0.15) is 0 Å². The summed E-state index contributed by atoms with van der Waals surface area (Å²) in [5.41, 5.74) is 0. The molecule has 0 saturated carbocycles. The Morgan fingerprint density at radius 3 is 2.50 bits per heavy atom. The van der Waals surface area contributed by atoms with Crippen LogP contribution in [-0.4, -0.2) is 36.2 Å². The van der Waals surface area contributed by atoms with E-state index in [-0.39, 0.29) is 18.4 Å². The van der Waals surface area contributed by atoms with Crippen LogP contribution in [0.1, 0.15) is 39.5 Å². The Balaban J connectivity index is 3.27. The Bertz CT molecular complexity index is 216. The molecule has 0 aromatic heterocycles. The highest BCUT2D eigenvalue weighted by Gasteiger charge is 2.02. The summed E-state index contributed by atoms with van der Waals surface area (Å²) in [7, 11) is 0. The van der Waals surface area contributed by atoms with Gasteiger partial charge < -0.3 is 15.2 Å². The van der Waals surface area contributed by atoms with E-state index in [2.05, 4.69) is 5.32 Å². The van der Waals surface area contributed by atoms with Gasteiger partial charge in [0.15, 0.2) is 0 Å². The number of carboxylic acids is 1. The lowest BCUT2D eigenvalue weighted by atomic mass is 10.2. The number of unbranched alkanes of at least 4 members (excludes halogenated alkanes) is 1. The minimum atomic E-state index is -0.795. The van der Waals surface area contributed by atoms with Crippen LogP contribution in [-0.2, 0) is 14.3 Å². The summed E-state index contributed by atoms with van der Waals surface area (Å²) in [6.45, 7) is 4.81. The number of aliphatic carboxylic acids is 1. The van der Waals surface area contributed by atoms with Crippen LogP contribution in [0.5, 0.6) is 0 Å². The lowest BCUT2D eigenvalue weighted by molar-refractivity contribution is -0.137. The normalized spacial score (nSPS) is 10.4. The number of hydrogen-bond acceptors (Lipinski definition) is 3. The predicted molar refractivity (Wildman–Crippen MR) is 60.2 cm³/mol. The van der Waals surface area contributed by atoms with E-state index >= 15 is 0 Å². The Hall–Kier alpha value is -1.10. The van der Waals surface area contributed by atoms with E-state index in [9.17, 15) is 9.59 Å². The zero-order chi connectivity index (χ0) is 12.4. The Morgan fingerprint density at radius 1 is 1.25 bits per heavy atom. The number of nitrogens with one attached hydrogen (secondary N) is 1. The molecule has 0 aliphatic rings. The van der Waals surface area contributed by atoms with Crippen molar-refractivity contribution >= 4 is 11.9 Å². The summed E-state index contributed by atoms with van der Waals surface area (Å²) < 4.78 is 5.23. The van der Waals surface area contributed by atoms with Crippen LogP contribution in [0.2, 0.25) is 0 Å². The maximum absolute atomic E-state index is 11.2. The van der Waals surface area contributed by atoms with Crippen LogP contribution >= 0.6 is 0 Å². The highest BCUT2D eigenvalue weighted by Crippen LogP contribution is 1.94. The standard InChI is InChI=1S/C11H21NO4/c1-9(2)16-8-6-10(13)12-7-4-3-5-11(14)15/h9H,3-8H2,1-2H3,(H,12,13)(H,14,15). The fourth-order valence-electron chi connectivity index (χ4n) is 1.10. The van der Waals surface area contributed by atoms with Crippen LogP contribution in [0.3, 0.4) is 0 Å². The van der Waals surface area contributed by atoms with Crippen molar-refractivity contribution in [3.05, 3.63) is 0 Å². The zero-order valence-corrected chi connectivity index (χ0v) is 9.99. The largest absolute Gasteiger partial charge is 0.481 e. The monoisotopic (exact) mass is 231 g/mol. The van der Waals surface area contributed by atoms with Crippen molar-refractivity contribution in [2.24, 2.45) is 0 Å². The number of ether oxygens (including phenoxy) is 1. The molecule has 0 aliphatic heterocycles. The highest BCUT2D eigenvalue weighted by molar-refractivity contribution is 5.75. The van der Waals surface area contributed by atoms with Crippen LogP contribution < -0.4 is 5.32 Å². The summed E-state index contributed by atoms with van der Waals surface area (Å²) >= 11 is 0. The predicted octanol–water partition coefficient (Wildman–Crippen LogP) is 1.17. The summed E-state index contributed by atoms with van der Waals surface area (Å²) in [4.78, 5) is 21.4. The first-order valence-electron chi connectivity index (χ1n) is 5.62. The van der Waals surface area contributed by atoms with E-state index in [0.29, 0.717) is 32.4 Å². The van der Waals surface area contributed by atoms with Crippen LogP contribution in [0, 0.1) is 0 Å². The van der Waals surface area contributed by atoms with Crippen molar-refractivity contribution in [3.63, 3.8) is 0 Å². The molecule has 1 amide bonds. The summed E-state index contributed by atoms with van der Waals surface area (Å²) in [6, 6.07) is 0. The smallest absolute Gasteiger partial charge is 0.303 e. The van der Waals surface area contributed by atoms with Crippen molar-refractivity contribution in [2.75, 3.05) is 13.2 Å². The number of rotatable bonds is 9. The Kier molecular flexibility index (Phi) is 8.52. The number of carboxylic acid groups (broad SMARTS) is 1. The molecule has 0 spiro atoms. The third kappa shape index (κ3) is 11.0. The molecule has 0 aromatic carbocycles. The first kappa shape index (κ1) is 14.9. The van der Waals surface area contributed by atoms with Gasteiger partial charge in [-0.1, -0.05) is 0 Å². The minimum Gasteiger partial charge on any atom is -0.481 e. The van der Waals surface area contributed by atoms with E-state index in [1.54, 1.807) is 0 Å². The molecule has 0 radical (unpaired) electrons. The number of carbonyl (C=O) groups excluding carboxylic acids is 1. The quantitative estimate of drug-likeness (QED) is 0.584. The second-order valence-electron chi connectivity index (χ2n) is 3.87. The molecule has 0 aliphatic carbocycles. The molecular formula is C11H21NO4. The van der Waals surface area contributed by atoms with Gasteiger partial charge in [0.2, 0.25) is 5.91 Å². The molecule has 5 nitrogen and oxygen atoms in total. The van der Waals surface area contributed by atoms with E-state index in [4.69, 9.17) is 9.84 Å². The van der Waals surface area contributed by atoms with Gasteiger partial charge in [0, 0.05) is 19.4 Å².